The molecule has 0 fully saturated rings. The summed E-state index contributed by atoms with van der Waals surface area (Å²) in [6.07, 6.45) is 0.286. The number of benzene rings is 1. The number of hydrogen-bond acceptors (Lipinski definition) is 4. The summed E-state index contributed by atoms with van der Waals surface area (Å²) in [6, 6.07) is 6.02. The minimum absolute atomic E-state index is 0.0534. The molecule has 1 atom stereocenters. The Bertz CT molecular complexity index is 782. The van der Waals surface area contributed by atoms with Crippen LogP contribution in [0.25, 0.3) is 10.9 Å². The van der Waals surface area contributed by atoms with Gasteiger partial charge in [0.25, 0.3) is 5.56 Å². The summed E-state index contributed by atoms with van der Waals surface area (Å²) < 4.78 is 0. The number of carboxylic acids is 1. The van der Waals surface area contributed by atoms with E-state index < -0.39 is 12.0 Å². The van der Waals surface area contributed by atoms with Crippen molar-refractivity contribution in [3.8, 4) is 0 Å². The van der Waals surface area contributed by atoms with Crippen LogP contribution in [0.3, 0.4) is 0 Å². The Kier molecular flexibility index (Phi) is 5.10. The lowest BCUT2D eigenvalue weighted by molar-refractivity contribution is -0.143. The van der Waals surface area contributed by atoms with Crippen LogP contribution >= 0.6 is 0 Å². The SMILES string of the molecule is CC(C)[C@@H](NC(=O)CCc1nc2ccccc2c(=O)[nH]1)C(=O)O. The highest BCUT2D eigenvalue weighted by atomic mass is 16.4. The van der Waals surface area contributed by atoms with Crippen molar-refractivity contribution in [1.29, 1.82) is 0 Å². The number of nitrogens with one attached hydrogen (secondary N) is 2. The van der Waals surface area contributed by atoms with Crippen molar-refractivity contribution in [2.45, 2.75) is 32.7 Å². The van der Waals surface area contributed by atoms with E-state index in [1.165, 1.54) is 0 Å². The number of para-hydroxylation sites is 1. The van der Waals surface area contributed by atoms with Gasteiger partial charge < -0.3 is 15.4 Å². The third kappa shape index (κ3) is 4.15. The molecule has 0 saturated carbocycles. The van der Waals surface area contributed by atoms with Gasteiger partial charge in [0.05, 0.1) is 10.9 Å². The monoisotopic (exact) mass is 317 g/mol. The predicted molar refractivity (Wildman–Crippen MR) is 85.1 cm³/mol. The number of nitrogens with zero attached hydrogens (tertiary/aromatic N) is 1. The number of aliphatic carboxylic acids is 1. The number of fused-ring (bicyclic) bond motifs is 1. The average molecular weight is 317 g/mol. The number of carboxylic acid groups (broad SMARTS) is 1. The van der Waals surface area contributed by atoms with E-state index >= 15 is 0 Å². The van der Waals surface area contributed by atoms with Crippen molar-refractivity contribution in [1.82, 2.24) is 15.3 Å². The van der Waals surface area contributed by atoms with E-state index in [0.717, 1.165) is 0 Å². The van der Waals surface area contributed by atoms with E-state index in [4.69, 9.17) is 5.11 Å². The fourth-order valence-electron chi connectivity index (χ4n) is 2.24. The second-order valence-electron chi connectivity index (χ2n) is 5.66. The van der Waals surface area contributed by atoms with E-state index in [0.29, 0.717) is 16.7 Å². The smallest absolute Gasteiger partial charge is 0.326 e. The number of carbonyl (C=O) groups excluding carboxylic acids is 1. The fraction of sp³-hybridized carbons (Fsp3) is 0.375. The maximum Gasteiger partial charge on any atom is 0.326 e. The van der Waals surface area contributed by atoms with Gasteiger partial charge in [-0.1, -0.05) is 26.0 Å². The number of aromatic nitrogens is 2. The van der Waals surface area contributed by atoms with Crippen LogP contribution in [0.15, 0.2) is 29.1 Å². The lowest BCUT2D eigenvalue weighted by Crippen LogP contribution is -2.44. The van der Waals surface area contributed by atoms with Crippen LogP contribution in [0.4, 0.5) is 0 Å². The van der Waals surface area contributed by atoms with E-state index in [2.05, 4.69) is 15.3 Å². The van der Waals surface area contributed by atoms with Crippen LogP contribution in [0.2, 0.25) is 0 Å². The molecule has 0 spiro atoms. The Morgan fingerprint density at radius 3 is 2.65 bits per heavy atom. The summed E-state index contributed by atoms with van der Waals surface area (Å²) in [5.41, 5.74) is 0.314. The number of aryl methyl sites for hydroxylation is 1. The lowest BCUT2D eigenvalue weighted by Gasteiger charge is -2.17. The number of H-pyrrole nitrogens is 1. The summed E-state index contributed by atoms with van der Waals surface area (Å²) in [5, 5.41) is 12.0. The average Bonchev–Trinajstić information content (AvgIpc) is 2.50. The third-order valence-corrected chi connectivity index (χ3v) is 3.50. The highest BCUT2D eigenvalue weighted by molar-refractivity contribution is 5.83. The van der Waals surface area contributed by atoms with Crippen LogP contribution in [-0.4, -0.2) is 33.0 Å². The van der Waals surface area contributed by atoms with E-state index in [9.17, 15) is 14.4 Å². The predicted octanol–water partition coefficient (Wildman–Crippen LogP) is 1.08. The van der Waals surface area contributed by atoms with Crippen LogP contribution in [0.5, 0.6) is 0 Å². The highest BCUT2D eigenvalue weighted by Gasteiger charge is 2.23. The van der Waals surface area contributed by atoms with Gasteiger partial charge in [-0.25, -0.2) is 9.78 Å². The molecule has 0 unspecified atom stereocenters. The van der Waals surface area contributed by atoms with Crippen molar-refractivity contribution in [3.63, 3.8) is 0 Å². The van der Waals surface area contributed by atoms with Crippen molar-refractivity contribution >= 4 is 22.8 Å². The number of amides is 1. The van der Waals surface area contributed by atoms with Gasteiger partial charge in [0.15, 0.2) is 0 Å². The molecule has 3 N–H and O–H groups in total. The number of rotatable bonds is 6. The molecule has 23 heavy (non-hydrogen) atoms. The standard InChI is InChI=1S/C16H19N3O4/c1-9(2)14(16(22)23)19-13(20)8-7-12-17-11-6-4-3-5-10(11)15(21)18-12/h3-6,9,14H,7-8H2,1-2H3,(H,19,20)(H,22,23)(H,17,18,21)/t14-/m1/s1. The van der Waals surface area contributed by atoms with Gasteiger partial charge in [-0.05, 0) is 18.1 Å². The highest BCUT2D eigenvalue weighted by Crippen LogP contribution is 2.07. The van der Waals surface area contributed by atoms with Crippen molar-refractivity contribution in [2.24, 2.45) is 5.92 Å². The zero-order chi connectivity index (χ0) is 17.0. The molecule has 0 aliphatic rings. The Morgan fingerprint density at radius 2 is 2.00 bits per heavy atom. The Morgan fingerprint density at radius 1 is 1.30 bits per heavy atom. The maximum absolute atomic E-state index is 11.9. The van der Waals surface area contributed by atoms with E-state index in [-0.39, 0.29) is 30.2 Å². The summed E-state index contributed by atoms with van der Waals surface area (Å²) in [4.78, 5) is 41.8. The quantitative estimate of drug-likeness (QED) is 0.738. The number of carbonyl (C=O) groups is 2. The van der Waals surface area contributed by atoms with Crippen LogP contribution in [-0.2, 0) is 16.0 Å². The van der Waals surface area contributed by atoms with Gasteiger partial charge in [-0.3, -0.25) is 9.59 Å². The van der Waals surface area contributed by atoms with Crippen molar-refractivity contribution in [3.05, 3.63) is 40.4 Å². The number of hydrogen-bond donors (Lipinski definition) is 3. The summed E-state index contributed by atoms with van der Waals surface area (Å²) >= 11 is 0. The molecule has 0 bridgehead atoms. The zero-order valence-corrected chi connectivity index (χ0v) is 13.0. The minimum atomic E-state index is -1.06. The van der Waals surface area contributed by atoms with Crippen LogP contribution in [0.1, 0.15) is 26.1 Å². The molecule has 0 aliphatic heterocycles. The lowest BCUT2D eigenvalue weighted by atomic mass is 10.0. The Hall–Kier alpha value is -2.70. The molecule has 1 aromatic heterocycles. The second-order valence-corrected chi connectivity index (χ2v) is 5.66. The Balaban J connectivity index is 2.04. The third-order valence-electron chi connectivity index (χ3n) is 3.50. The molecular weight excluding hydrogens is 298 g/mol. The van der Waals surface area contributed by atoms with Crippen LogP contribution in [0, 0.1) is 5.92 Å². The zero-order valence-electron chi connectivity index (χ0n) is 13.0. The van der Waals surface area contributed by atoms with Gasteiger partial charge in [-0.15, -0.1) is 0 Å². The normalized spacial score (nSPS) is 12.3. The number of aromatic amines is 1. The van der Waals surface area contributed by atoms with Gasteiger partial charge in [0, 0.05) is 12.8 Å². The first-order valence-electron chi connectivity index (χ1n) is 7.38. The molecule has 7 heteroatoms. The van der Waals surface area contributed by atoms with Crippen LogP contribution < -0.4 is 10.9 Å². The molecule has 2 rings (SSSR count). The summed E-state index contributed by atoms with van der Waals surface area (Å²) in [5.74, 6) is -1.26. The first kappa shape index (κ1) is 16.7. The molecule has 1 aromatic carbocycles. The van der Waals surface area contributed by atoms with Gasteiger partial charge in [0.1, 0.15) is 11.9 Å². The maximum atomic E-state index is 11.9. The molecule has 1 amide bonds. The molecule has 2 aromatic rings. The molecule has 0 saturated heterocycles. The van der Waals surface area contributed by atoms with Crippen molar-refractivity contribution < 1.29 is 14.7 Å². The van der Waals surface area contributed by atoms with E-state index in [1.54, 1.807) is 38.1 Å². The first-order valence-corrected chi connectivity index (χ1v) is 7.38. The fourth-order valence-corrected chi connectivity index (χ4v) is 2.24. The van der Waals surface area contributed by atoms with E-state index in [1.807, 2.05) is 0 Å². The summed E-state index contributed by atoms with van der Waals surface area (Å²) in [7, 11) is 0. The summed E-state index contributed by atoms with van der Waals surface area (Å²) in [6.45, 7) is 3.45. The molecule has 7 nitrogen and oxygen atoms in total. The molecule has 0 radical (unpaired) electrons. The Labute approximate surface area is 132 Å². The first-order chi connectivity index (χ1) is 10.9. The molecule has 122 valence electrons. The molecule has 0 aliphatic carbocycles. The van der Waals surface area contributed by atoms with Gasteiger partial charge in [0.2, 0.25) is 5.91 Å². The minimum Gasteiger partial charge on any atom is -0.480 e. The molecule has 1 heterocycles. The molecular formula is C16H19N3O4. The van der Waals surface area contributed by atoms with Gasteiger partial charge >= 0.3 is 5.97 Å². The van der Waals surface area contributed by atoms with Gasteiger partial charge in [-0.2, -0.15) is 0 Å². The second kappa shape index (κ2) is 7.04. The van der Waals surface area contributed by atoms with Crippen molar-refractivity contribution in [2.75, 3.05) is 0 Å². The largest absolute Gasteiger partial charge is 0.480 e. The topological polar surface area (TPSA) is 112 Å².